The van der Waals surface area contributed by atoms with Crippen molar-refractivity contribution in [1.82, 2.24) is 24.9 Å². The summed E-state index contributed by atoms with van der Waals surface area (Å²) < 4.78 is 25.8. The zero-order chi connectivity index (χ0) is 21.4. The Kier molecular flexibility index (Phi) is 4.78. The van der Waals surface area contributed by atoms with Gasteiger partial charge in [0.05, 0.1) is 5.69 Å². The van der Waals surface area contributed by atoms with E-state index in [9.17, 15) is 9.18 Å². The van der Waals surface area contributed by atoms with Gasteiger partial charge in [-0.05, 0) is 62.6 Å². The standard InChI is InChI=1S/C22H18FN5O3/c1-13(21-25-20(27-31-21)14-4-3-11-24-12-14)30-22(29)19-17-5-2-6-18(17)28(26-19)16-9-7-15(23)8-10-16/h3-4,7-13H,2,5-6H2,1H3. The summed E-state index contributed by atoms with van der Waals surface area (Å²) in [7, 11) is 0. The number of hydrogen-bond donors (Lipinski definition) is 0. The highest BCUT2D eigenvalue weighted by atomic mass is 19.1. The summed E-state index contributed by atoms with van der Waals surface area (Å²) in [5, 5.41) is 8.40. The number of esters is 1. The molecule has 1 aliphatic carbocycles. The molecule has 0 amide bonds. The van der Waals surface area contributed by atoms with Crippen LogP contribution in [0.3, 0.4) is 0 Å². The van der Waals surface area contributed by atoms with Crippen LogP contribution < -0.4 is 0 Å². The summed E-state index contributed by atoms with van der Waals surface area (Å²) in [6.45, 7) is 1.66. The molecule has 156 valence electrons. The maximum atomic E-state index is 13.3. The number of hydrogen-bond acceptors (Lipinski definition) is 7. The number of nitrogens with zero attached hydrogens (tertiary/aromatic N) is 5. The summed E-state index contributed by atoms with van der Waals surface area (Å²) in [6.07, 6.45) is 4.97. The zero-order valence-electron chi connectivity index (χ0n) is 16.7. The first-order chi connectivity index (χ1) is 15.1. The Morgan fingerprint density at radius 3 is 2.84 bits per heavy atom. The second kappa shape index (κ2) is 7.75. The van der Waals surface area contributed by atoms with Crippen LogP contribution in [0.5, 0.6) is 0 Å². The van der Waals surface area contributed by atoms with Crippen molar-refractivity contribution in [3.8, 4) is 17.1 Å². The maximum Gasteiger partial charge on any atom is 0.359 e. The SMILES string of the molecule is CC(OC(=O)c1nn(-c2ccc(F)cc2)c2c1CCC2)c1nc(-c2cccnc2)no1. The number of rotatable bonds is 5. The van der Waals surface area contributed by atoms with Crippen molar-refractivity contribution in [2.45, 2.75) is 32.3 Å². The molecule has 0 aliphatic heterocycles. The average molecular weight is 419 g/mol. The molecule has 0 saturated carbocycles. The van der Waals surface area contributed by atoms with Gasteiger partial charge in [-0.2, -0.15) is 10.1 Å². The molecule has 1 unspecified atom stereocenters. The van der Waals surface area contributed by atoms with E-state index in [1.54, 1.807) is 42.2 Å². The Balaban J connectivity index is 1.38. The van der Waals surface area contributed by atoms with E-state index in [0.29, 0.717) is 17.1 Å². The van der Waals surface area contributed by atoms with E-state index in [0.717, 1.165) is 30.5 Å². The van der Waals surface area contributed by atoms with Crippen molar-refractivity contribution < 1.29 is 18.4 Å². The highest BCUT2D eigenvalue weighted by Crippen LogP contribution is 2.29. The minimum Gasteiger partial charge on any atom is -0.448 e. The Labute approximate surface area is 176 Å². The predicted octanol–water partition coefficient (Wildman–Crippen LogP) is 3.86. The zero-order valence-corrected chi connectivity index (χ0v) is 16.7. The van der Waals surface area contributed by atoms with Crippen LogP contribution in [0.2, 0.25) is 0 Å². The van der Waals surface area contributed by atoms with Gasteiger partial charge in [0.2, 0.25) is 5.82 Å². The van der Waals surface area contributed by atoms with Crippen LogP contribution in [0.4, 0.5) is 4.39 Å². The number of carbonyl (C=O) groups is 1. The summed E-state index contributed by atoms with van der Waals surface area (Å²) in [5.41, 5.74) is 3.47. The molecule has 5 rings (SSSR count). The number of halogens is 1. The Morgan fingerprint density at radius 1 is 1.23 bits per heavy atom. The molecule has 9 heteroatoms. The molecule has 1 aromatic carbocycles. The van der Waals surface area contributed by atoms with Crippen molar-refractivity contribution >= 4 is 5.97 Å². The molecular formula is C22H18FN5O3. The minimum absolute atomic E-state index is 0.182. The normalized spacial score (nSPS) is 13.7. The van der Waals surface area contributed by atoms with Gasteiger partial charge in [0.25, 0.3) is 5.89 Å². The van der Waals surface area contributed by atoms with E-state index in [-0.39, 0.29) is 17.4 Å². The van der Waals surface area contributed by atoms with Crippen LogP contribution >= 0.6 is 0 Å². The lowest BCUT2D eigenvalue weighted by Crippen LogP contribution is -2.12. The number of fused-ring (bicyclic) bond motifs is 1. The second-order valence-electron chi connectivity index (χ2n) is 7.26. The predicted molar refractivity (Wildman–Crippen MR) is 107 cm³/mol. The van der Waals surface area contributed by atoms with Gasteiger partial charge in [-0.25, -0.2) is 13.9 Å². The molecule has 8 nitrogen and oxygen atoms in total. The van der Waals surface area contributed by atoms with Crippen LogP contribution in [0.15, 0.2) is 53.3 Å². The Hall–Kier alpha value is -3.88. The quantitative estimate of drug-likeness (QED) is 0.453. The first-order valence-electron chi connectivity index (χ1n) is 9.92. The van der Waals surface area contributed by atoms with Crippen molar-refractivity contribution in [1.29, 1.82) is 0 Å². The third-order valence-electron chi connectivity index (χ3n) is 5.19. The summed E-state index contributed by atoms with van der Waals surface area (Å²) in [4.78, 5) is 21.2. The number of carbonyl (C=O) groups excluding carboxylic acids is 1. The summed E-state index contributed by atoms with van der Waals surface area (Å²) in [6, 6.07) is 9.59. The first kappa shape index (κ1) is 19.1. The average Bonchev–Trinajstić information content (AvgIpc) is 3.52. The molecule has 3 aromatic heterocycles. The van der Waals surface area contributed by atoms with Crippen LogP contribution in [-0.4, -0.2) is 30.9 Å². The van der Waals surface area contributed by atoms with E-state index in [1.807, 2.05) is 6.07 Å². The molecule has 1 atom stereocenters. The fraction of sp³-hybridized carbons (Fsp3) is 0.227. The largest absolute Gasteiger partial charge is 0.448 e. The van der Waals surface area contributed by atoms with Gasteiger partial charge < -0.3 is 9.26 Å². The number of aromatic nitrogens is 5. The molecule has 31 heavy (non-hydrogen) atoms. The molecular weight excluding hydrogens is 401 g/mol. The fourth-order valence-corrected chi connectivity index (χ4v) is 3.68. The summed E-state index contributed by atoms with van der Waals surface area (Å²) in [5.74, 6) is -0.340. The number of ether oxygens (including phenoxy) is 1. The van der Waals surface area contributed by atoms with Crippen LogP contribution in [0, 0.1) is 5.82 Å². The van der Waals surface area contributed by atoms with Crippen LogP contribution in [0.25, 0.3) is 17.1 Å². The number of benzene rings is 1. The Bertz CT molecular complexity index is 1230. The molecule has 0 fully saturated rings. The monoisotopic (exact) mass is 419 g/mol. The first-order valence-corrected chi connectivity index (χ1v) is 9.92. The van der Waals surface area contributed by atoms with Gasteiger partial charge in [0, 0.05) is 29.2 Å². The molecule has 0 bridgehead atoms. The van der Waals surface area contributed by atoms with Gasteiger partial charge in [0.15, 0.2) is 11.8 Å². The van der Waals surface area contributed by atoms with E-state index in [1.165, 1.54) is 12.1 Å². The van der Waals surface area contributed by atoms with E-state index < -0.39 is 12.1 Å². The molecule has 0 spiro atoms. The van der Waals surface area contributed by atoms with Crippen LogP contribution in [-0.2, 0) is 17.6 Å². The third kappa shape index (κ3) is 3.58. The van der Waals surface area contributed by atoms with Crippen molar-refractivity contribution in [3.63, 3.8) is 0 Å². The van der Waals surface area contributed by atoms with Crippen LogP contribution in [0.1, 0.15) is 47.1 Å². The lowest BCUT2D eigenvalue weighted by atomic mass is 10.2. The highest BCUT2D eigenvalue weighted by molar-refractivity contribution is 5.89. The molecule has 0 saturated heterocycles. The molecule has 4 aromatic rings. The third-order valence-corrected chi connectivity index (χ3v) is 5.19. The Morgan fingerprint density at radius 2 is 2.06 bits per heavy atom. The van der Waals surface area contributed by atoms with E-state index >= 15 is 0 Å². The lowest BCUT2D eigenvalue weighted by Gasteiger charge is -2.08. The molecule has 3 heterocycles. The van der Waals surface area contributed by atoms with Gasteiger partial charge >= 0.3 is 5.97 Å². The minimum atomic E-state index is -0.751. The summed E-state index contributed by atoms with van der Waals surface area (Å²) >= 11 is 0. The van der Waals surface area contributed by atoms with Gasteiger partial charge in [-0.15, -0.1) is 0 Å². The second-order valence-corrected chi connectivity index (χ2v) is 7.26. The van der Waals surface area contributed by atoms with Gasteiger partial charge in [-0.3, -0.25) is 4.98 Å². The molecule has 0 radical (unpaired) electrons. The topological polar surface area (TPSA) is 95.9 Å². The van der Waals surface area contributed by atoms with E-state index in [2.05, 4.69) is 20.2 Å². The maximum absolute atomic E-state index is 13.3. The van der Waals surface area contributed by atoms with E-state index in [4.69, 9.17) is 9.26 Å². The smallest absolute Gasteiger partial charge is 0.359 e. The lowest BCUT2D eigenvalue weighted by molar-refractivity contribution is 0.0257. The van der Waals surface area contributed by atoms with Crippen molar-refractivity contribution in [2.75, 3.05) is 0 Å². The highest BCUT2D eigenvalue weighted by Gasteiger charge is 2.30. The van der Waals surface area contributed by atoms with Gasteiger partial charge in [-0.1, -0.05) is 5.16 Å². The van der Waals surface area contributed by atoms with Gasteiger partial charge in [0.1, 0.15) is 5.82 Å². The fourth-order valence-electron chi connectivity index (χ4n) is 3.68. The molecule has 0 N–H and O–H groups in total. The molecule has 1 aliphatic rings. The van der Waals surface area contributed by atoms with Crippen molar-refractivity contribution in [3.05, 3.63) is 77.5 Å². The van der Waals surface area contributed by atoms with Crippen molar-refractivity contribution in [2.24, 2.45) is 0 Å². The number of pyridine rings is 1.